The molecule has 0 bridgehead atoms. The largest absolute Gasteiger partial charge is 0.386 e. The Hall–Kier alpha value is -1.39. The minimum Gasteiger partial charge on any atom is -0.386 e. The Bertz CT molecular complexity index is 703. The Balaban J connectivity index is 2.31. The van der Waals surface area contributed by atoms with Crippen molar-refractivity contribution in [3.63, 3.8) is 0 Å². The summed E-state index contributed by atoms with van der Waals surface area (Å²) in [4.78, 5) is 5.47. The molecule has 1 N–H and O–H groups in total. The second kappa shape index (κ2) is 3.31. The Labute approximate surface area is 103 Å². The zero-order chi connectivity index (χ0) is 12.2. The van der Waals surface area contributed by atoms with Crippen LogP contribution in [0.2, 0.25) is 0 Å². The van der Waals surface area contributed by atoms with Crippen LogP contribution in [0.4, 0.5) is 0 Å². The van der Waals surface area contributed by atoms with Gasteiger partial charge in [-0.3, -0.25) is 4.40 Å². The number of benzene rings is 1. The van der Waals surface area contributed by atoms with Gasteiger partial charge in [0, 0.05) is 6.20 Å². The SMILES string of the molecule is Cc1cn2c(n1)sc1cc(C(C)(C)O)ccc12. The van der Waals surface area contributed by atoms with Gasteiger partial charge in [-0.1, -0.05) is 17.4 Å². The van der Waals surface area contributed by atoms with Gasteiger partial charge >= 0.3 is 0 Å². The van der Waals surface area contributed by atoms with Gasteiger partial charge in [0.25, 0.3) is 0 Å². The lowest BCUT2D eigenvalue weighted by molar-refractivity contribution is 0.0787. The molecular weight excluding hydrogens is 232 g/mol. The lowest BCUT2D eigenvalue weighted by atomic mass is 9.98. The molecule has 0 fully saturated rings. The molecule has 0 saturated heterocycles. The monoisotopic (exact) mass is 246 g/mol. The van der Waals surface area contributed by atoms with Crippen LogP contribution < -0.4 is 0 Å². The zero-order valence-corrected chi connectivity index (χ0v) is 10.9. The van der Waals surface area contributed by atoms with Crippen molar-refractivity contribution < 1.29 is 5.11 Å². The van der Waals surface area contributed by atoms with Gasteiger partial charge in [0.2, 0.25) is 0 Å². The Morgan fingerprint density at radius 3 is 2.82 bits per heavy atom. The fraction of sp³-hybridized carbons (Fsp3) is 0.308. The Morgan fingerprint density at radius 1 is 1.35 bits per heavy atom. The van der Waals surface area contributed by atoms with Gasteiger partial charge in [-0.25, -0.2) is 4.98 Å². The van der Waals surface area contributed by atoms with Crippen molar-refractivity contribution in [1.29, 1.82) is 0 Å². The smallest absolute Gasteiger partial charge is 0.194 e. The Kier molecular flexibility index (Phi) is 2.09. The maximum Gasteiger partial charge on any atom is 0.194 e. The fourth-order valence-electron chi connectivity index (χ4n) is 1.99. The molecule has 0 amide bonds. The molecule has 2 aromatic heterocycles. The van der Waals surface area contributed by atoms with Crippen LogP contribution in [0, 0.1) is 6.92 Å². The summed E-state index contributed by atoms with van der Waals surface area (Å²) >= 11 is 1.65. The zero-order valence-electron chi connectivity index (χ0n) is 10.1. The summed E-state index contributed by atoms with van der Waals surface area (Å²) < 4.78 is 3.26. The van der Waals surface area contributed by atoms with Crippen LogP contribution in [0.15, 0.2) is 24.4 Å². The second-order valence-corrected chi connectivity index (χ2v) is 5.89. The van der Waals surface area contributed by atoms with Gasteiger partial charge in [-0.2, -0.15) is 0 Å². The van der Waals surface area contributed by atoms with Crippen molar-refractivity contribution in [2.75, 3.05) is 0 Å². The average Bonchev–Trinajstić information content (AvgIpc) is 2.71. The highest BCUT2D eigenvalue weighted by Gasteiger charge is 2.17. The molecule has 0 atom stereocenters. The summed E-state index contributed by atoms with van der Waals surface area (Å²) in [7, 11) is 0. The molecule has 0 aliphatic carbocycles. The molecule has 4 heteroatoms. The predicted molar refractivity (Wildman–Crippen MR) is 70.6 cm³/mol. The summed E-state index contributed by atoms with van der Waals surface area (Å²) in [5.74, 6) is 0. The van der Waals surface area contributed by atoms with E-state index in [0.717, 1.165) is 26.4 Å². The van der Waals surface area contributed by atoms with Crippen molar-refractivity contribution in [3.05, 3.63) is 35.7 Å². The minimum absolute atomic E-state index is 0.795. The van der Waals surface area contributed by atoms with Gasteiger partial charge in [0.05, 0.1) is 21.5 Å². The van der Waals surface area contributed by atoms with Crippen molar-refractivity contribution in [2.24, 2.45) is 0 Å². The Morgan fingerprint density at radius 2 is 2.12 bits per heavy atom. The predicted octanol–water partition coefficient (Wildman–Crippen LogP) is 3.08. The van der Waals surface area contributed by atoms with Crippen molar-refractivity contribution in [1.82, 2.24) is 9.38 Å². The quantitative estimate of drug-likeness (QED) is 0.716. The number of rotatable bonds is 1. The highest BCUT2D eigenvalue weighted by molar-refractivity contribution is 7.23. The maximum atomic E-state index is 10.0. The summed E-state index contributed by atoms with van der Waals surface area (Å²) in [6.45, 7) is 5.60. The van der Waals surface area contributed by atoms with Gasteiger partial charge in [-0.05, 0) is 38.5 Å². The van der Waals surface area contributed by atoms with Crippen LogP contribution in [-0.2, 0) is 5.60 Å². The van der Waals surface area contributed by atoms with Crippen molar-refractivity contribution in [3.8, 4) is 0 Å². The summed E-state index contributed by atoms with van der Waals surface area (Å²) in [5, 5.41) is 10.0. The number of fused-ring (bicyclic) bond motifs is 3. The number of hydrogen-bond acceptors (Lipinski definition) is 3. The maximum absolute atomic E-state index is 10.0. The van der Waals surface area contributed by atoms with E-state index in [0.29, 0.717) is 0 Å². The third-order valence-electron chi connectivity index (χ3n) is 2.92. The van der Waals surface area contributed by atoms with Crippen molar-refractivity contribution in [2.45, 2.75) is 26.4 Å². The van der Waals surface area contributed by atoms with E-state index in [1.165, 1.54) is 0 Å². The summed E-state index contributed by atoms with van der Waals surface area (Å²) in [6.07, 6.45) is 2.04. The molecule has 0 radical (unpaired) electrons. The third kappa shape index (κ3) is 1.64. The molecule has 0 aliphatic rings. The van der Waals surface area contributed by atoms with Gasteiger partial charge in [-0.15, -0.1) is 0 Å². The molecule has 0 spiro atoms. The van der Waals surface area contributed by atoms with E-state index >= 15 is 0 Å². The van der Waals surface area contributed by atoms with Crippen LogP contribution in [0.5, 0.6) is 0 Å². The molecule has 0 aliphatic heterocycles. The standard InChI is InChI=1S/C13H14N2OS/c1-8-7-15-10-5-4-9(13(2,3)16)6-11(10)17-12(15)14-8/h4-7,16H,1-3H3. The highest BCUT2D eigenvalue weighted by Crippen LogP contribution is 2.30. The number of aromatic nitrogens is 2. The van der Waals surface area contributed by atoms with E-state index < -0.39 is 5.60 Å². The molecular formula is C13H14N2OS. The topological polar surface area (TPSA) is 37.5 Å². The first-order valence-electron chi connectivity index (χ1n) is 5.56. The van der Waals surface area contributed by atoms with Gasteiger partial charge in [0.15, 0.2) is 4.96 Å². The van der Waals surface area contributed by atoms with E-state index in [9.17, 15) is 5.11 Å². The van der Waals surface area contributed by atoms with Crippen molar-refractivity contribution >= 4 is 26.5 Å². The van der Waals surface area contributed by atoms with Gasteiger partial charge in [0.1, 0.15) is 0 Å². The van der Waals surface area contributed by atoms with E-state index in [2.05, 4.69) is 9.38 Å². The molecule has 3 aromatic rings. The molecule has 17 heavy (non-hydrogen) atoms. The van der Waals surface area contributed by atoms with Crippen LogP contribution in [-0.4, -0.2) is 14.5 Å². The minimum atomic E-state index is -0.795. The molecule has 0 unspecified atom stereocenters. The van der Waals surface area contributed by atoms with Gasteiger partial charge < -0.3 is 5.11 Å². The second-order valence-electron chi connectivity index (χ2n) is 4.88. The van der Waals surface area contributed by atoms with Crippen LogP contribution in [0.1, 0.15) is 25.1 Å². The number of imidazole rings is 1. The van der Waals surface area contributed by atoms with E-state index in [4.69, 9.17) is 0 Å². The lowest BCUT2D eigenvalue weighted by Gasteiger charge is -2.17. The summed E-state index contributed by atoms with van der Waals surface area (Å²) in [5.41, 5.74) is 2.32. The number of aliphatic hydroxyl groups is 1. The van der Waals surface area contributed by atoms with Crippen LogP contribution in [0.25, 0.3) is 15.2 Å². The van der Waals surface area contributed by atoms with E-state index in [1.54, 1.807) is 25.2 Å². The number of aryl methyl sites for hydroxylation is 1. The fourth-order valence-corrected chi connectivity index (χ4v) is 3.09. The van der Waals surface area contributed by atoms with E-state index in [1.807, 2.05) is 31.3 Å². The molecule has 88 valence electrons. The number of nitrogens with zero attached hydrogens (tertiary/aromatic N) is 2. The lowest BCUT2D eigenvalue weighted by Crippen LogP contribution is -2.14. The summed E-state index contributed by atoms with van der Waals surface area (Å²) in [6, 6.07) is 6.07. The highest BCUT2D eigenvalue weighted by atomic mass is 32.1. The van der Waals surface area contributed by atoms with E-state index in [-0.39, 0.29) is 0 Å². The molecule has 2 heterocycles. The molecule has 3 nitrogen and oxygen atoms in total. The number of hydrogen-bond donors (Lipinski definition) is 1. The molecule has 1 aromatic carbocycles. The number of thiazole rings is 1. The first kappa shape index (κ1) is 10.7. The van der Waals surface area contributed by atoms with Crippen LogP contribution in [0.3, 0.4) is 0 Å². The first-order valence-corrected chi connectivity index (χ1v) is 6.38. The van der Waals surface area contributed by atoms with Crippen LogP contribution >= 0.6 is 11.3 Å². The average molecular weight is 246 g/mol. The molecule has 3 rings (SSSR count). The normalized spacial score (nSPS) is 12.7. The first-order chi connectivity index (χ1) is 7.95. The third-order valence-corrected chi connectivity index (χ3v) is 3.94. The molecule has 0 saturated carbocycles.